The van der Waals surface area contributed by atoms with E-state index < -0.39 is 10.8 Å². The molecule has 1 atom stereocenters. The van der Waals surface area contributed by atoms with Gasteiger partial charge in [-0.15, -0.1) is 0 Å². The summed E-state index contributed by atoms with van der Waals surface area (Å²) >= 11 is 0. The Balaban J connectivity index is 1.14. The summed E-state index contributed by atoms with van der Waals surface area (Å²) in [7, 11) is 0. The fourth-order valence-electron chi connectivity index (χ4n) is 10.6. The van der Waals surface area contributed by atoms with Crippen molar-refractivity contribution in [3.63, 3.8) is 0 Å². The maximum atomic E-state index is 13.9. The van der Waals surface area contributed by atoms with Gasteiger partial charge in [-0.05, 0) is 159 Å². The van der Waals surface area contributed by atoms with Crippen molar-refractivity contribution in [2.45, 2.75) is 130 Å². The number of esters is 2. The maximum absolute atomic E-state index is 13.9. The fourth-order valence-corrected chi connectivity index (χ4v) is 10.6. The first-order chi connectivity index (χ1) is 16.8. The van der Waals surface area contributed by atoms with Crippen LogP contribution in [-0.4, -0.2) is 23.1 Å². The number of hydrogen-bond donors (Lipinski definition) is 0. The molecule has 0 aliphatic heterocycles. The molecule has 8 rings (SSSR count). The van der Waals surface area contributed by atoms with Gasteiger partial charge in [0.05, 0.1) is 10.8 Å². The molecule has 0 aromatic carbocycles. The van der Waals surface area contributed by atoms with Crippen LogP contribution >= 0.6 is 0 Å². The van der Waals surface area contributed by atoms with Crippen LogP contribution < -0.4 is 0 Å². The molecule has 4 nitrogen and oxygen atoms in total. The molecule has 202 valence electrons. The molecule has 0 saturated heterocycles. The van der Waals surface area contributed by atoms with E-state index in [0.29, 0.717) is 36.5 Å². The molecule has 0 aromatic heterocycles. The van der Waals surface area contributed by atoms with Gasteiger partial charge in [0.15, 0.2) is 0 Å². The molecule has 8 bridgehead atoms. The first kappa shape index (κ1) is 25.2. The van der Waals surface area contributed by atoms with E-state index in [-0.39, 0.29) is 23.1 Å². The third kappa shape index (κ3) is 3.81. The Morgan fingerprint density at radius 1 is 0.639 bits per heavy atom. The van der Waals surface area contributed by atoms with Crippen LogP contribution in [0.3, 0.4) is 0 Å². The van der Waals surface area contributed by atoms with E-state index in [1.807, 2.05) is 20.8 Å². The Hall–Kier alpha value is -1.06. The molecule has 8 aliphatic rings. The van der Waals surface area contributed by atoms with Gasteiger partial charge in [-0.1, -0.05) is 6.92 Å². The van der Waals surface area contributed by atoms with Gasteiger partial charge in [0.25, 0.3) is 0 Å². The van der Waals surface area contributed by atoms with E-state index in [0.717, 1.165) is 23.7 Å². The predicted octanol–water partition coefficient (Wildman–Crippen LogP) is 7.34. The van der Waals surface area contributed by atoms with Crippen molar-refractivity contribution in [3.8, 4) is 0 Å². The third-order valence-corrected chi connectivity index (χ3v) is 12.8. The second-order valence-corrected chi connectivity index (χ2v) is 15.7. The van der Waals surface area contributed by atoms with Gasteiger partial charge >= 0.3 is 11.9 Å². The van der Waals surface area contributed by atoms with E-state index in [1.165, 1.54) is 64.2 Å². The monoisotopic (exact) mass is 498 g/mol. The van der Waals surface area contributed by atoms with Gasteiger partial charge in [-0.25, -0.2) is 0 Å². The highest BCUT2D eigenvalue weighted by Crippen LogP contribution is 2.61. The van der Waals surface area contributed by atoms with Crippen LogP contribution in [0, 0.1) is 58.2 Å². The van der Waals surface area contributed by atoms with Crippen LogP contribution in [-0.2, 0) is 19.1 Å². The quantitative estimate of drug-likeness (QED) is 0.345. The summed E-state index contributed by atoms with van der Waals surface area (Å²) in [6.45, 7) is 12.5. The number of ether oxygens (including phenoxy) is 2. The van der Waals surface area contributed by atoms with Crippen molar-refractivity contribution in [1.82, 2.24) is 0 Å². The molecule has 0 amide bonds. The first-order valence-corrected chi connectivity index (χ1v) is 15.3. The van der Waals surface area contributed by atoms with Crippen molar-refractivity contribution in [2.75, 3.05) is 0 Å². The Bertz CT molecular complexity index is 861. The molecule has 0 radical (unpaired) electrons. The van der Waals surface area contributed by atoms with Crippen molar-refractivity contribution < 1.29 is 19.1 Å². The molecule has 0 heterocycles. The molecule has 8 saturated carbocycles. The van der Waals surface area contributed by atoms with Gasteiger partial charge in [0.2, 0.25) is 0 Å². The Morgan fingerprint density at radius 2 is 0.972 bits per heavy atom. The van der Waals surface area contributed by atoms with Crippen LogP contribution in [0.1, 0.15) is 119 Å². The standard InChI is InChI=1S/C32H50O4/c1-7-30(4,28(34)36-32(6)25-14-21-9-22(16-25)17-26(32)15-21)18-29(2,3)27(33)35-31(5)23-10-19-8-20(12-23)13-24(31)11-19/h19-26H,7-18H2,1-6H3. The normalized spacial score (nSPS) is 48.1. The molecule has 8 fully saturated rings. The highest BCUT2D eigenvalue weighted by molar-refractivity contribution is 5.81. The lowest BCUT2D eigenvalue weighted by molar-refractivity contribution is -0.218. The van der Waals surface area contributed by atoms with E-state index in [2.05, 4.69) is 20.8 Å². The van der Waals surface area contributed by atoms with Crippen LogP contribution in [0.5, 0.6) is 0 Å². The summed E-state index contributed by atoms with van der Waals surface area (Å²) in [6.07, 6.45) is 13.7. The zero-order valence-corrected chi connectivity index (χ0v) is 23.7. The van der Waals surface area contributed by atoms with E-state index >= 15 is 0 Å². The van der Waals surface area contributed by atoms with Crippen molar-refractivity contribution >= 4 is 11.9 Å². The van der Waals surface area contributed by atoms with Gasteiger partial charge < -0.3 is 9.47 Å². The Labute approximate surface area is 219 Å². The Morgan fingerprint density at radius 3 is 1.31 bits per heavy atom. The smallest absolute Gasteiger partial charge is 0.312 e. The highest BCUT2D eigenvalue weighted by Gasteiger charge is 2.60. The first-order valence-electron chi connectivity index (χ1n) is 15.3. The van der Waals surface area contributed by atoms with Gasteiger partial charge in [0.1, 0.15) is 11.2 Å². The largest absolute Gasteiger partial charge is 0.458 e. The minimum Gasteiger partial charge on any atom is -0.458 e. The second-order valence-electron chi connectivity index (χ2n) is 15.7. The summed E-state index contributed by atoms with van der Waals surface area (Å²) in [4.78, 5) is 27.6. The molecule has 1 unspecified atom stereocenters. The number of carbonyl (C=O) groups excluding carboxylic acids is 2. The van der Waals surface area contributed by atoms with E-state index in [9.17, 15) is 9.59 Å². The molecule has 4 heteroatoms. The summed E-state index contributed by atoms with van der Waals surface area (Å²) in [6, 6.07) is 0. The van der Waals surface area contributed by atoms with E-state index in [4.69, 9.17) is 9.47 Å². The van der Waals surface area contributed by atoms with Crippen LogP contribution in [0.2, 0.25) is 0 Å². The zero-order valence-electron chi connectivity index (χ0n) is 23.7. The lowest BCUT2D eigenvalue weighted by Crippen LogP contribution is -2.59. The lowest BCUT2D eigenvalue weighted by Gasteiger charge is -2.59. The Kier molecular flexibility index (Phi) is 5.76. The zero-order chi connectivity index (χ0) is 25.7. The number of carbonyl (C=O) groups is 2. The SMILES string of the molecule is CCC(C)(CC(C)(C)C(=O)OC1(C)C2CC3CC(C2)CC1C3)C(=O)OC1(C)C2CC3CC(C2)CC1C3. The summed E-state index contributed by atoms with van der Waals surface area (Å²) in [5, 5.41) is 0. The average Bonchev–Trinajstić information content (AvgIpc) is 2.80. The molecule has 0 N–H and O–H groups in total. The molecular formula is C32H50O4. The maximum Gasteiger partial charge on any atom is 0.312 e. The summed E-state index contributed by atoms with van der Waals surface area (Å²) in [5.74, 6) is 5.19. The number of rotatable bonds is 7. The number of hydrogen-bond acceptors (Lipinski definition) is 4. The highest BCUT2D eigenvalue weighted by atomic mass is 16.6. The van der Waals surface area contributed by atoms with Crippen molar-refractivity contribution in [2.24, 2.45) is 58.2 Å². The molecular weight excluding hydrogens is 448 g/mol. The minimum atomic E-state index is -0.730. The molecule has 36 heavy (non-hydrogen) atoms. The van der Waals surface area contributed by atoms with Gasteiger partial charge in [-0.2, -0.15) is 0 Å². The topological polar surface area (TPSA) is 52.6 Å². The minimum absolute atomic E-state index is 0.0957. The predicted molar refractivity (Wildman–Crippen MR) is 140 cm³/mol. The molecule has 0 aromatic rings. The van der Waals surface area contributed by atoms with Crippen LogP contribution in [0.25, 0.3) is 0 Å². The van der Waals surface area contributed by atoms with Crippen LogP contribution in [0.4, 0.5) is 0 Å². The summed E-state index contributed by atoms with van der Waals surface area (Å²) in [5.41, 5.74) is -2.09. The third-order valence-electron chi connectivity index (χ3n) is 12.8. The van der Waals surface area contributed by atoms with Crippen molar-refractivity contribution in [3.05, 3.63) is 0 Å². The van der Waals surface area contributed by atoms with Crippen molar-refractivity contribution in [1.29, 1.82) is 0 Å². The summed E-state index contributed by atoms with van der Waals surface area (Å²) < 4.78 is 13.1. The average molecular weight is 499 g/mol. The van der Waals surface area contributed by atoms with Gasteiger partial charge in [-0.3, -0.25) is 9.59 Å². The van der Waals surface area contributed by atoms with E-state index in [1.54, 1.807) is 0 Å². The molecule has 8 aliphatic carbocycles. The lowest BCUT2D eigenvalue weighted by atomic mass is 9.50. The van der Waals surface area contributed by atoms with Crippen LogP contribution in [0.15, 0.2) is 0 Å². The fraction of sp³-hybridized carbons (Fsp3) is 0.938. The molecule has 0 spiro atoms. The van der Waals surface area contributed by atoms with Gasteiger partial charge in [0, 0.05) is 0 Å². The second kappa shape index (κ2) is 8.22.